The van der Waals surface area contributed by atoms with Crippen LogP contribution in [-0.4, -0.2) is 85.8 Å². The van der Waals surface area contributed by atoms with Crippen molar-refractivity contribution < 1.29 is 28.6 Å². The molecular weight excluding hydrogens is 522 g/mol. The quantitative estimate of drug-likeness (QED) is 0.173. The third kappa shape index (κ3) is 9.03. The van der Waals surface area contributed by atoms with Crippen molar-refractivity contribution in [3.8, 4) is 10.4 Å². The first kappa shape index (κ1) is 30.0. The molecule has 1 amide bonds. The van der Waals surface area contributed by atoms with Gasteiger partial charge < -0.3 is 19.1 Å². The Labute approximate surface area is 232 Å². The monoisotopic (exact) mass is 559 g/mol. The van der Waals surface area contributed by atoms with Gasteiger partial charge in [0.15, 0.2) is 5.13 Å². The number of carbonyl (C=O) groups is 3. The molecule has 0 spiro atoms. The highest BCUT2D eigenvalue weighted by molar-refractivity contribution is 7.18. The van der Waals surface area contributed by atoms with Crippen LogP contribution >= 0.6 is 11.3 Å². The number of nitrogens with one attached hydrogen (secondary N) is 2. The Morgan fingerprint density at radius 2 is 1.67 bits per heavy atom. The van der Waals surface area contributed by atoms with Crippen LogP contribution in [0.2, 0.25) is 0 Å². The van der Waals surface area contributed by atoms with Crippen LogP contribution in [0.5, 0.6) is 0 Å². The topological polar surface area (TPSA) is 134 Å². The van der Waals surface area contributed by atoms with Crippen molar-refractivity contribution in [1.29, 1.82) is 5.41 Å². The molecule has 2 aromatic rings. The first-order valence-electron chi connectivity index (χ1n) is 13.2. The van der Waals surface area contributed by atoms with E-state index in [1.807, 2.05) is 18.3 Å². The second kappa shape index (κ2) is 15.2. The van der Waals surface area contributed by atoms with Gasteiger partial charge in [0.2, 0.25) is 0 Å². The Morgan fingerprint density at radius 1 is 1.03 bits per heavy atom. The Balaban J connectivity index is 1.70. The normalized spacial score (nSPS) is 13.9. The molecule has 1 aliphatic rings. The molecule has 2 heterocycles. The molecule has 0 radical (unpaired) electrons. The van der Waals surface area contributed by atoms with Crippen LogP contribution in [0, 0.1) is 5.41 Å². The predicted octanol–water partition coefficient (Wildman–Crippen LogP) is 3.67. The fourth-order valence-corrected chi connectivity index (χ4v) is 5.35. The maximum atomic E-state index is 12.1. The van der Waals surface area contributed by atoms with E-state index in [0.29, 0.717) is 25.3 Å². The van der Waals surface area contributed by atoms with Gasteiger partial charge in [-0.2, -0.15) is 0 Å². The third-order valence-electron chi connectivity index (χ3n) is 6.22. The van der Waals surface area contributed by atoms with E-state index < -0.39 is 6.09 Å². The summed E-state index contributed by atoms with van der Waals surface area (Å²) in [5, 5.41) is 11.3. The van der Waals surface area contributed by atoms with Gasteiger partial charge in [0, 0.05) is 37.4 Å². The van der Waals surface area contributed by atoms with Crippen LogP contribution in [0.15, 0.2) is 30.5 Å². The molecule has 0 bridgehead atoms. The number of piperidine rings is 1. The number of hydrogen-bond donors (Lipinski definition) is 2. The molecule has 0 unspecified atom stereocenters. The molecule has 0 saturated carbocycles. The summed E-state index contributed by atoms with van der Waals surface area (Å²) in [7, 11) is 0. The molecule has 0 aliphatic carbocycles. The van der Waals surface area contributed by atoms with Crippen molar-refractivity contribution in [3.05, 3.63) is 36.0 Å². The molecule has 2 N–H and O–H groups in total. The van der Waals surface area contributed by atoms with Gasteiger partial charge in [-0.25, -0.2) is 9.78 Å². The Morgan fingerprint density at radius 3 is 2.31 bits per heavy atom. The van der Waals surface area contributed by atoms with Crippen molar-refractivity contribution in [1.82, 2.24) is 15.2 Å². The second-order valence-electron chi connectivity index (χ2n) is 8.87. The summed E-state index contributed by atoms with van der Waals surface area (Å²) in [6.07, 6.45) is 3.08. The number of alkyl carbamates (subject to hydrolysis) is 1. The van der Waals surface area contributed by atoms with Gasteiger partial charge in [0.25, 0.3) is 0 Å². The Hall–Kier alpha value is -3.51. The smallest absolute Gasteiger partial charge is 0.412 e. The van der Waals surface area contributed by atoms with Crippen LogP contribution < -0.4 is 10.2 Å². The minimum atomic E-state index is -0.659. The average Bonchev–Trinajstić information content (AvgIpc) is 3.40. The van der Waals surface area contributed by atoms with E-state index >= 15 is 0 Å². The predicted molar refractivity (Wildman–Crippen MR) is 149 cm³/mol. The number of esters is 2. The zero-order valence-corrected chi connectivity index (χ0v) is 23.6. The maximum Gasteiger partial charge on any atom is 0.412 e. The fraction of sp³-hybridized carbons (Fsp3) is 0.519. The number of nitrogens with zero attached hydrogens (tertiary/aromatic N) is 3. The highest BCUT2D eigenvalue weighted by Crippen LogP contribution is 2.34. The second-order valence-corrected chi connectivity index (χ2v) is 9.87. The Kier molecular flexibility index (Phi) is 11.7. The molecule has 12 heteroatoms. The van der Waals surface area contributed by atoms with E-state index in [9.17, 15) is 14.4 Å². The van der Waals surface area contributed by atoms with Crippen molar-refractivity contribution >= 4 is 40.3 Å². The minimum Gasteiger partial charge on any atom is -0.466 e. The number of benzene rings is 1. The lowest BCUT2D eigenvalue weighted by atomic mass is 10.0. The average molecular weight is 560 g/mol. The number of ether oxygens (including phenoxy) is 3. The van der Waals surface area contributed by atoms with Gasteiger partial charge in [-0.1, -0.05) is 35.6 Å². The number of likely N-dealkylation sites (tertiary alicyclic amines) is 1. The fourth-order valence-electron chi connectivity index (χ4n) is 4.33. The minimum absolute atomic E-state index is 0.0376. The number of amidine groups is 1. The number of anilines is 1. The van der Waals surface area contributed by atoms with Gasteiger partial charge in [-0.3, -0.25) is 25.2 Å². The molecular formula is C27H37N5O6S. The van der Waals surface area contributed by atoms with Crippen molar-refractivity contribution in [2.75, 3.05) is 50.9 Å². The first-order chi connectivity index (χ1) is 18.8. The van der Waals surface area contributed by atoms with Gasteiger partial charge in [-0.15, -0.1) is 0 Å². The lowest BCUT2D eigenvalue weighted by Gasteiger charge is -2.38. The Bertz CT molecular complexity index is 1110. The summed E-state index contributed by atoms with van der Waals surface area (Å²) in [6.45, 7) is 8.53. The molecule has 0 atom stereocenters. The van der Waals surface area contributed by atoms with Crippen LogP contribution in [0.3, 0.4) is 0 Å². The van der Waals surface area contributed by atoms with Gasteiger partial charge in [0.05, 0.1) is 37.7 Å². The van der Waals surface area contributed by atoms with E-state index in [0.717, 1.165) is 41.5 Å². The number of aromatic nitrogens is 1. The van der Waals surface area contributed by atoms with Crippen LogP contribution in [0.25, 0.3) is 10.4 Å². The number of hydrogen-bond acceptors (Lipinski definition) is 11. The summed E-state index contributed by atoms with van der Waals surface area (Å²) in [4.78, 5) is 45.5. The van der Waals surface area contributed by atoms with Gasteiger partial charge in [0.1, 0.15) is 5.84 Å². The molecule has 1 saturated heterocycles. The van der Waals surface area contributed by atoms with E-state index in [1.165, 1.54) is 11.3 Å². The lowest BCUT2D eigenvalue weighted by molar-refractivity contribution is -0.145. The summed E-state index contributed by atoms with van der Waals surface area (Å²) < 4.78 is 15.1. The highest BCUT2D eigenvalue weighted by Gasteiger charge is 2.28. The number of carbonyl (C=O) groups excluding carboxylic acids is 3. The third-order valence-corrected chi connectivity index (χ3v) is 7.30. The lowest BCUT2D eigenvalue weighted by Crippen LogP contribution is -2.47. The number of thiazole rings is 1. The van der Waals surface area contributed by atoms with E-state index in [-0.39, 0.29) is 43.4 Å². The number of amides is 1. The van der Waals surface area contributed by atoms with Crippen LogP contribution in [0.1, 0.15) is 45.6 Å². The SMILES string of the molecule is CCOC(=O)CCN(c1ncc(-c2ccc(C(=N)NC(=O)OCC)cc2)s1)C1CCN(CC(=O)OCC)CC1. The van der Waals surface area contributed by atoms with E-state index in [2.05, 4.69) is 20.1 Å². The zero-order valence-electron chi connectivity index (χ0n) is 22.7. The molecule has 11 nitrogen and oxygen atoms in total. The van der Waals surface area contributed by atoms with E-state index in [4.69, 9.17) is 19.6 Å². The molecule has 39 heavy (non-hydrogen) atoms. The largest absolute Gasteiger partial charge is 0.466 e. The molecule has 3 rings (SSSR count). The first-order valence-corrected chi connectivity index (χ1v) is 14.0. The zero-order chi connectivity index (χ0) is 28.2. The molecule has 1 fully saturated rings. The van der Waals surface area contributed by atoms with Crippen molar-refractivity contribution in [2.45, 2.75) is 46.1 Å². The van der Waals surface area contributed by atoms with Gasteiger partial charge in [-0.05, 0) is 39.2 Å². The standard InChI is InChI=1S/C27H37N5O6S/c1-4-36-23(33)13-16-32(21-11-14-31(15-12-21)18-24(34)37-5-2)26-29-17-22(39-26)19-7-9-20(10-8-19)25(28)30-27(35)38-6-3/h7-10,17,21H,4-6,11-16,18H2,1-3H3,(H2,28,30,35). The summed E-state index contributed by atoms with van der Waals surface area (Å²) in [5.41, 5.74) is 1.49. The van der Waals surface area contributed by atoms with Gasteiger partial charge >= 0.3 is 18.0 Å². The maximum absolute atomic E-state index is 12.1. The van der Waals surface area contributed by atoms with E-state index in [1.54, 1.807) is 32.9 Å². The van der Waals surface area contributed by atoms with Crippen molar-refractivity contribution in [2.24, 2.45) is 0 Å². The van der Waals surface area contributed by atoms with Crippen LogP contribution in [0.4, 0.5) is 9.93 Å². The summed E-state index contributed by atoms with van der Waals surface area (Å²) in [5.74, 6) is -0.490. The molecule has 1 aliphatic heterocycles. The summed E-state index contributed by atoms with van der Waals surface area (Å²) >= 11 is 1.53. The van der Waals surface area contributed by atoms with Crippen molar-refractivity contribution in [3.63, 3.8) is 0 Å². The molecule has 1 aromatic heterocycles. The summed E-state index contributed by atoms with van der Waals surface area (Å²) in [6, 6.07) is 7.46. The highest BCUT2D eigenvalue weighted by atomic mass is 32.1. The molecule has 1 aromatic carbocycles. The number of rotatable bonds is 12. The molecule has 212 valence electrons. The van der Waals surface area contributed by atoms with Crippen LogP contribution in [-0.2, 0) is 23.8 Å².